The molecule has 36 heavy (non-hydrogen) atoms. The molecule has 2 saturated heterocycles. The molecule has 1 spiro atoms. The predicted octanol–water partition coefficient (Wildman–Crippen LogP) is 5.24. The highest BCUT2D eigenvalue weighted by Gasteiger charge is 2.53. The summed E-state index contributed by atoms with van der Waals surface area (Å²) in [7, 11) is 1.71. The molecular weight excluding hydrogens is 446 g/mol. The summed E-state index contributed by atoms with van der Waals surface area (Å²) in [5.41, 5.74) is 3.83. The van der Waals surface area contributed by atoms with Crippen LogP contribution in [0.3, 0.4) is 0 Å². The Balaban J connectivity index is 1.31. The second-order valence-corrected chi connectivity index (χ2v) is 11.7. The summed E-state index contributed by atoms with van der Waals surface area (Å²) < 4.78 is 5.65. The lowest BCUT2D eigenvalue weighted by molar-refractivity contribution is -0.143. The predicted molar refractivity (Wildman–Crippen MR) is 142 cm³/mol. The van der Waals surface area contributed by atoms with Crippen molar-refractivity contribution in [2.75, 3.05) is 26.7 Å². The third kappa shape index (κ3) is 4.13. The van der Waals surface area contributed by atoms with Gasteiger partial charge in [-0.25, -0.2) is 4.98 Å². The number of nitrogens with one attached hydrogen (secondary N) is 1. The second kappa shape index (κ2) is 10.2. The number of methoxy groups -OCH3 is 1. The van der Waals surface area contributed by atoms with E-state index in [0.29, 0.717) is 23.8 Å². The molecule has 0 bridgehead atoms. The van der Waals surface area contributed by atoms with Crippen LogP contribution in [0.25, 0.3) is 0 Å². The normalized spacial score (nSPS) is 30.8. The number of piperidine rings is 1. The fourth-order valence-corrected chi connectivity index (χ4v) is 8.16. The van der Waals surface area contributed by atoms with Gasteiger partial charge in [-0.2, -0.15) is 0 Å². The van der Waals surface area contributed by atoms with Crippen LogP contribution in [-0.2, 0) is 16.6 Å². The highest BCUT2D eigenvalue weighted by molar-refractivity contribution is 5.82. The van der Waals surface area contributed by atoms with E-state index in [2.05, 4.69) is 51.6 Å². The van der Waals surface area contributed by atoms with Gasteiger partial charge in [0.05, 0.1) is 13.0 Å². The number of nitrogens with zero attached hydrogens (tertiary/aromatic N) is 2. The van der Waals surface area contributed by atoms with Crippen molar-refractivity contribution in [3.63, 3.8) is 0 Å². The van der Waals surface area contributed by atoms with Crippen LogP contribution in [0.4, 0.5) is 0 Å². The summed E-state index contributed by atoms with van der Waals surface area (Å²) in [6, 6.07) is 13.6. The molecule has 0 radical (unpaired) electrons. The zero-order valence-corrected chi connectivity index (χ0v) is 21.8. The monoisotopic (exact) mass is 487 g/mol. The number of amides is 1. The van der Waals surface area contributed by atoms with Gasteiger partial charge in [-0.1, -0.05) is 49.6 Å². The molecule has 2 aliphatic heterocycles. The number of hydrogen-bond donors (Lipinski definition) is 1. The van der Waals surface area contributed by atoms with Crippen LogP contribution in [0.1, 0.15) is 80.4 Å². The van der Waals surface area contributed by atoms with E-state index in [4.69, 9.17) is 4.74 Å². The van der Waals surface area contributed by atoms with Crippen molar-refractivity contribution in [3.8, 4) is 5.88 Å². The SMILES string of the molecule is COc1nccc2c1CCCC21CNCC1C(=O)N1CCC(c2ccccc2)CC1C1CCCCC1. The Kier molecular flexibility index (Phi) is 6.76. The number of carbonyl (C=O) groups excluding carboxylic acids is 1. The highest BCUT2D eigenvalue weighted by atomic mass is 16.5. The minimum absolute atomic E-state index is 0.0111. The highest BCUT2D eigenvalue weighted by Crippen LogP contribution is 2.48. The van der Waals surface area contributed by atoms with E-state index < -0.39 is 0 Å². The van der Waals surface area contributed by atoms with Gasteiger partial charge < -0.3 is 15.0 Å². The summed E-state index contributed by atoms with van der Waals surface area (Å²) in [6.45, 7) is 2.54. The van der Waals surface area contributed by atoms with Gasteiger partial charge in [-0.3, -0.25) is 4.79 Å². The molecule has 4 aliphatic rings. The molecule has 1 aromatic heterocycles. The standard InChI is InChI=1S/C31H41N3O2/c1-36-29-25-13-8-16-31(26(25)14-17-33-29)21-32-20-27(31)30(35)34-18-15-24(22-9-4-2-5-10-22)19-28(34)23-11-6-3-7-12-23/h2,4-5,9-10,14,17,23-24,27-28,32H,3,6-8,11-13,15-16,18-21H2,1H3. The lowest BCUT2D eigenvalue weighted by Crippen LogP contribution is -2.55. The van der Waals surface area contributed by atoms with Crippen LogP contribution in [0.5, 0.6) is 5.88 Å². The van der Waals surface area contributed by atoms with E-state index in [-0.39, 0.29) is 11.3 Å². The molecule has 3 fully saturated rings. The van der Waals surface area contributed by atoms with E-state index in [1.54, 1.807) is 7.11 Å². The van der Waals surface area contributed by atoms with Crippen LogP contribution in [-0.4, -0.2) is 48.6 Å². The number of hydrogen-bond acceptors (Lipinski definition) is 4. The number of carbonyl (C=O) groups is 1. The molecule has 3 heterocycles. The van der Waals surface area contributed by atoms with Gasteiger partial charge in [-0.05, 0) is 74.0 Å². The number of ether oxygens (including phenoxy) is 1. The minimum Gasteiger partial charge on any atom is -0.481 e. The maximum absolute atomic E-state index is 14.6. The van der Waals surface area contributed by atoms with Crippen molar-refractivity contribution < 1.29 is 9.53 Å². The molecule has 4 unspecified atom stereocenters. The van der Waals surface area contributed by atoms with Crippen LogP contribution in [0, 0.1) is 11.8 Å². The van der Waals surface area contributed by atoms with Gasteiger partial charge in [-0.15, -0.1) is 0 Å². The van der Waals surface area contributed by atoms with Gasteiger partial charge in [0.15, 0.2) is 0 Å². The third-order valence-electron chi connectivity index (χ3n) is 9.94. The lowest BCUT2D eigenvalue weighted by atomic mass is 9.64. The number of benzene rings is 1. The van der Waals surface area contributed by atoms with Gasteiger partial charge in [0.2, 0.25) is 11.8 Å². The number of likely N-dealkylation sites (tertiary alicyclic amines) is 1. The fourth-order valence-electron chi connectivity index (χ4n) is 8.16. The van der Waals surface area contributed by atoms with Crippen molar-refractivity contribution >= 4 is 5.91 Å². The van der Waals surface area contributed by atoms with Crippen LogP contribution >= 0.6 is 0 Å². The van der Waals surface area contributed by atoms with Crippen LogP contribution < -0.4 is 10.1 Å². The van der Waals surface area contributed by atoms with Crippen LogP contribution in [0.2, 0.25) is 0 Å². The molecule has 4 atom stereocenters. The van der Waals surface area contributed by atoms with E-state index in [1.165, 1.54) is 48.8 Å². The topological polar surface area (TPSA) is 54.5 Å². The van der Waals surface area contributed by atoms with Crippen molar-refractivity contribution in [2.24, 2.45) is 11.8 Å². The molecule has 1 aromatic carbocycles. The first kappa shape index (κ1) is 24.0. The fraction of sp³-hybridized carbons (Fsp3) is 0.613. The minimum atomic E-state index is -0.145. The molecule has 2 aromatic rings. The molecule has 1 saturated carbocycles. The zero-order chi connectivity index (χ0) is 24.5. The van der Waals surface area contributed by atoms with Gasteiger partial charge in [0.1, 0.15) is 0 Å². The Morgan fingerprint density at radius 1 is 1.08 bits per heavy atom. The largest absolute Gasteiger partial charge is 0.481 e. The molecule has 192 valence electrons. The molecule has 6 rings (SSSR count). The zero-order valence-electron chi connectivity index (χ0n) is 21.8. The Morgan fingerprint density at radius 3 is 2.72 bits per heavy atom. The van der Waals surface area contributed by atoms with E-state index in [0.717, 1.165) is 57.6 Å². The van der Waals surface area contributed by atoms with Gasteiger partial charge >= 0.3 is 0 Å². The first-order chi connectivity index (χ1) is 17.7. The maximum atomic E-state index is 14.6. The summed E-state index contributed by atoms with van der Waals surface area (Å²) >= 11 is 0. The van der Waals surface area contributed by atoms with E-state index >= 15 is 0 Å². The maximum Gasteiger partial charge on any atom is 0.228 e. The first-order valence-corrected chi connectivity index (χ1v) is 14.3. The second-order valence-electron chi connectivity index (χ2n) is 11.7. The van der Waals surface area contributed by atoms with E-state index in [1.807, 2.05) is 6.20 Å². The average Bonchev–Trinajstić information content (AvgIpc) is 3.37. The Morgan fingerprint density at radius 2 is 1.92 bits per heavy atom. The van der Waals surface area contributed by atoms with Crippen LogP contribution in [0.15, 0.2) is 42.6 Å². The molecule has 2 aliphatic carbocycles. The number of fused-ring (bicyclic) bond motifs is 2. The molecular formula is C31H41N3O2. The summed E-state index contributed by atoms with van der Waals surface area (Å²) in [4.78, 5) is 21.4. The third-order valence-corrected chi connectivity index (χ3v) is 9.94. The summed E-state index contributed by atoms with van der Waals surface area (Å²) in [6.07, 6.45) is 13.7. The lowest BCUT2D eigenvalue weighted by Gasteiger charge is -2.48. The molecule has 5 nitrogen and oxygen atoms in total. The number of pyridine rings is 1. The molecule has 5 heteroatoms. The Bertz CT molecular complexity index is 1070. The quantitative estimate of drug-likeness (QED) is 0.641. The molecule has 1 N–H and O–H groups in total. The summed E-state index contributed by atoms with van der Waals surface area (Å²) in [5.74, 6) is 2.33. The van der Waals surface area contributed by atoms with Crippen molar-refractivity contribution in [1.82, 2.24) is 15.2 Å². The number of aromatic nitrogens is 1. The molecule has 1 amide bonds. The Hall–Kier alpha value is -2.40. The van der Waals surface area contributed by atoms with Crippen molar-refractivity contribution in [2.45, 2.75) is 81.6 Å². The van der Waals surface area contributed by atoms with Crippen molar-refractivity contribution in [3.05, 3.63) is 59.3 Å². The van der Waals surface area contributed by atoms with E-state index in [9.17, 15) is 4.79 Å². The first-order valence-electron chi connectivity index (χ1n) is 14.3. The van der Waals surface area contributed by atoms with Gasteiger partial charge in [0, 0.05) is 42.9 Å². The Labute approximate surface area is 216 Å². The average molecular weight is 488 g/mol. The van der Waals surface area contributed by atoms with Gasteiger partial charge in [0.25, 0.3) is 0 Å². The van der Waals surface area contributed by atoms with Crippen molar-refractivity contribution in [1.29, 1.82) is 0 Å². The summed E-state index contributed by atoms with van der Waals surface area (Å²) in [5, 5.41) is 3.65. The number of rotatable bonds is 4. The smallest absolute Gasteiger partial charge is 0.228 e.